The Morgan fingerprint density at radius 1 is 0.833 bits per heavy atom. The summed E-state index contributed by atoms with van der Waals surface area (Å²) in [6.45, 7) is 6.48. The second kappa shape index (κ2) is 6.36. The van der Waals surface area contributed by atoms with Crippen LogP contribution in [0.15, 0.2) is 54.6 Å². The average molecular weight is 239 g/mol. The Morgan fingerprint density at radius 3 is 2.06 bits per heavy atom. The highest BCUT2D eigenvalue weighted by Gasteiger charge is 1.98. The molecule has 0 unspecified atom stereocenters. The third-order valence-corrected chi connectivity index (χ3v) is 2.94. The van der Waals surface area contributed by atoms with Crippen molar-refractivity contribution in [3.63, 3.8) is 0 Å². The predicted octanol–water partition coefficient (Wildman–Crippen LogP) is 4.10. The molecular weight excluding hydrogens is 218 g/mol. The molecule has 0 aliphatic rings. The van der Waals surface area contributed by atoms with E-state index in [9.17, 15) is 0 Å². The topological polar surface area (TPSA) is 12.0 Å². The minimum Gasteiger partial charge on any atom is -0.312 e. The molecule has 2 rings (SSSR count). The highest BCUT2D eigenvalue weighted by atomic mass is 14.8. The third kappa shape index (κ3) is 3.71. The first-order chi connectivity index (χ1) is 8.75. The van der Waals surface area contributed by atoms with E-state index in [1.54, 1.807) is 0 Å². The van der Waals surface area contributed by atoms with Gasteiger partial charge in [0.25, 0.3) is 0 Å². The fraction of sp³-hybridized carbons (Fsp3) is 0.294. The van der Waals surface area contributed by atoms with Crippen LogP contribution in [-0.4, -0.2) is 6.54 Å². The van der Waals surface area contributed by atoms with Crippen LogP contribution in [0.1, 0.15) is 19.4 Å². The van der Waals surface area contributed by atoms with Gasteiger partial charge in [-0.1, -0.05) is 68.4 Å². The molecule has 1 N–H and O–H groups in total. The van der Waals surface area contributed by atoms with E-state index in [-0.39, 0.29) is 0 Å². The van der Waals surface area contributed by atoms with Crippen molar-refractivity contribution in [1.82, 2.24) is 5.32 Å². The van der Waals surface area contributed by atoms with Crippen molar-refractivity contribution in [3.8, 4) is 11.1 Å². The van der Waals surface area contributed by atoms with Gasteiger partial charge in [-0.05, 0) is 29.2 Å². The molecule has 0 amide bonds. The summed E-state index contributed by atoms with van der Waals surface area (Å²) in [4.78, 5) is 0. The molecule has 94 valence electrons. The molecule has 2 aromatic carbocycles. The molecule has 0 bridgehead atoms. The zero-order chi connectivity index (χ0) is 12.8. The molecule has 0 aliphatic carbocycles. The molecule has 2 aromatic rings. The molecule has 1 heteroatoms. The Morgan fingerprint density at radius 2 is 1.44 bits per heavy atom. The van der Waals surface area contributed by atoms with Crippen molar-refractivity contribution in [1.29, 1.82) is 0 Å². The quantitative estimate of drug-likeness (QED) is 0.828. The molecule has 18 heavy (non-hydrogen) atoms. The van der Waals surface area contributed by atoms with Crippen molar-refractivity contribution in [3.05, 3.63) is 60.2 Å². The van der Waals surface area contributed by atoms with E-state index in [2.05, 4.69) is 67.7 Å². The van der Waals surface area contributed by atoms with Crippen molar-refractivity contribution in [2.75, 3.05) is 6.54 Å². The van der Waals surface area contributed by atoms with Crippen LogP contribution in [0.4, 0.5) is 0 Å². The molecule has 0 heterocycles. The van der Waals surface area contributed by atoms with Crippen LogP contribution in [0, 0.1) is 5.92 Å². The Hall–Kier alpha value is -1.60. The van der Waals surface area contributed by atoms with Crippen LogP contribution in [0.3, 0.4) is 0 Å². The lowest BCUT2D eigenvalue weighted by Gasteiger charge is -2.08. The van der Waals surface area contributed by atoms with Crippen LogP contribution >= 0.6 is 0 Å². The first-order valence-corrected chi connectivity index (χ1v) is 6.61. The zero-order valence-corrected chi connectivity index (χ0v) is 11.2. The summed E-state index contributed by atoms with van der Waals surface area (Å²) in [6.07, 6.45) is 0. The van der Waals surface area contributed by atoms with Crippen molar-refractivity contribution >= 4 is 0 Å². The molecule has 0 saturated carbocycles. The van der Waals surface area contributed by atoms with Gasteiger partial charge in [-0.25, -0.2) is 0 Å². The first kappa shape index (κ1) is 12.8. The summed E-state index contributed by atoms with van der Waals surface area (Å²) in [5.41, 5.74) is 3.90. The predicted molar refractivity (Wildman–Crippen MR) is 78.4 cm³/mol. The smallest absolute Gasteiger partial charge is 0.0205 e. The monoisotopic (exact) mass is 239 g/mol. The lowest BCUT2D eigenvalue weighted by Crippen LogP contribution is -2.18. The van der Waals surface area contributed by atoms with Gasteiger partial charge < -0.3 is 5.32 Å². The first-order valence-electron chi connectivity index (χ1n) is 6.61. The molecule has 0 aromatic heterocycles. The van der Waals surface area contributed by atoms with E-state index in [0.29, 0.717) is 5.92 Å². The summed E-state index contributed by atoms with van der Waals surface area (Å²) >= 11 is 0. The normalized spacial score (nSPS) is 10.8. The largest absolute Gasteiger partial charge is 0.312 e. The van der Waals surface area contributed by atoms with Gasteiger partial charge in [0.15, 0.2) is 0 Å². The summed E-state index contributed by atoms with van der Waals surface area (Å²) in [6, 6.07) is 19.3. The Labute approximate surface area is 110 Å². The molecule has 1 nitrogen and oxygen atoms in total. The zero-order valence-electron chi connectivity index (χ0n) is 11.2. The highest BCUT2D eigenvalue weighted by molar-refractivity contribution is 5.63. The molecule has 0 spiro atoms. The van der Waals surface area contributed by atoms with Gasteiger partial charge in [0.05, 0.1) is 0 Å². The SMILES string of the molecule is CC(C)CNCc1ccc(-c2ccccc2)cc1. The molecule has 0 atom stereocenters. The van der Waals surface area contributed by atoms with Crippen molar-refractivity contribution in [2.24, 2.45) is 5.92 Å². The third-order valence-electron chi connectivity index (χ3n) is 2.94. The van der Waals surface area contributed by atoms with Crippen LogP contribution in [0.2, 0.25) is 0 Å². The van der Waals surface area contributed by atoms with Crippen LogP contribution < -0.4 is 5.32 Å². The fourth-order valence-electron chi connectivity index (χ4n) is 1.95. The number of rotatable bonds is 5. The van der Waals surface area contributed by atoms with Crippen molar-refractivity contribution in [2.45, 2.75) is 20.4 Å². The average Bonchev–Trinajstić information content (AvgIpc) is 2.40. The van der Waals surface area contributed by atoms with Gasteiger partial charge in [-0.2, -0.15) is 0 Å². The van der Waals surface area contributed by atoms with Crippen LogP contribution in [0.25, 0.3) is 11.1 Å². The van der Waals surface area contributed by atoms with Crippen molar-refractivity contribution < 1.29 is 0 Å². The second-order valence-electron chi connectivity index (χ2n) is 5.09. The summed E-state index contributed by atoms with van der Waals surface area (Å²) in [5, 5.41) is 3.46. The fourth-order valence-corrected chi connectivity index (χ4v) is 1.95. The van der Waals surface area contributed by atoms with Crippen LogP contribution in [0.5, 0.6) is 0 Å². The minimum atomic E-state index is 0.702. The maximum Gasteiger partial charge on any atom is 0.0205 e. The van der Waals surface area contributed by atoms with Crippen LogP contribution in [-0.2, 0) is 6.54 Å². The molecule has 0 radical (unpaired) electrons. The highest BCUT2D eigenvalue weighted by Crippen LogP contribution is 2.19. The Kier molecular flexibility index (Phi) is 4.54. The second-order valence-corrected chi connectivity index (χ2v) is 5.09. The van der Waals surface area contributed by atoms with Gasteiger partial charge >= 0.3 is 0 Å². The number of hydrogen-bond acceptors (Lipinski definition) is 1. The minimum absolute atomic E-state index is 0.702. The van der Waals surface area contributed by atoms with Gasteiger partial charge in [-0.3, -0.25) is 0 Å². The standard InChI is InChI=1S/C17H21N/c1-14(2)12-18-13-15-8-10-17(11-9-15)16-6-4-3-5-7-16/h3-11,14,18H,12-13H2,1-2H3. The Bertz CT molecular complexity index is 457. The lowest BCUT2D eigenvalue weighted by atomic mass is 10.0. The number of hydrogen-bond donors (Lipinski definition) is 1. The maximum absolute atomic E-state index is 3.46. The van der Waals surface area contributed by atoms with Gasteiger partial charge in [-0.15, -0.1) is 0 Å². The number of nitrogens with one attached hydrogen (secondary N) is 1. The summed E-state index contributed by atoms with van der Waals surface area (Å²) < 4.78 is 0. The van der Waals surface area contributed by atoms with E-state index in [0.717, 1.165) is 13.1 Å². The summed E-state index contributed by atoms with van der Waals surface area (Å²) in [7, 11) is 0. The maximum atomic E-state index is 3.46. The number of benzene rings is 2. The van der Waals surface area contributed by atoms with Gasteiger partial charge in [0, 0.05) is 6.54 Å². The summed E-state index contributed by atoms with van der Waals surface area (Å²) in [5.74, 6) is 0.702. The van der Waals surface area contributed by atoms with E-state index >= 15 is 0 Å². The molecule has 0 saturated heterocycles. The Balaban J connectivity index is 1.98. The van der Waals surface area contributed by atoms with E-state index in [1.165, 1.54) is 16.7 Å². The molecule has 0 aliphatic heterocycles. The lowest BCUT2D eigenvalue weighted by molar-refractivity contribution is 0.552. The molecular formula is C17H21N. The molecule has 0 fully saturated rings. The van der Waals surface area contributed by atoms with E-state index in [4.69, 9.17) is 0 Å². The van der Waals surface area contributed by atoms with Gasteiger partial charge in [0.2, 0.25) is 0 Å². The van der Waals surface area contributed by atoms with Gasteiger partial charge in [0.1, 0.15) is 0 Å². The van der Waals surface area contributed by atoms with E-state index < -0.39 is 0 Å². The van der Waals surface area contributed by atoms with E-state index in [1.807, 2.05) is 6.07 Å².